The van der Waals surface area contributed by atoms with Gasteiger partial charge in [0.25, 0.3) is 0 Å². The van der Waals surface area contributed by atoms with E-state index in [4.69, 9.17) is 4.74 Å². The zero-order chi connectivity index (χ0) is 26.7. The Morgan fingerprint density at radius 2 is 1.76 bits per heavy atom. The van der Waals surface area contributed by atoms with Crippen LogP contribution in [0.2, 0.25) is 0 Å². The highest BCUT2D eigenvalue weighted by molar-refractivity contribution is 6.00. The fourth-order valence-electron chi connectivity index (χ4n) is 4.38. The summed E-state index contributed by atoms with van der Waals surface area (Å²) in [6, 6.07) is 25.4. The molecule has 1 amide bonds. The Morgan fingerprint density at radius 1 is 1.00 bits per heavy atom. The first kappa shape index (κ1) is 26.9. The maximum Gasteiger partial charge on any atom is 0.245 e. The third-order valence-electron chi connectivity index (χ3n) is 6.38. The van der Waals surface area contributed by atoms with E-state index in [9.17, 15) is 4.79 Å². The second kappa shape index (κ2) is 13.4. The first-order chi connectivity index (χ1) is 18.6. The van der Waals surface area contributed by atoms with Crippen molar-refractivity contribution in [3.8, 4) is 5.75 Å². The lowest BCUT2D eigenvalue weighted by atomic mass is 9.88. The topological polar surface area (TPSA) is 70.2 Å². The molecule has 6 nitrogen and oxygen atoms in total. The molecule has 0 fully saturated rings. The van der Waals surface area contributed by atoms with Gasteiger partial charge in [0.1, 0.15) is 5.75 Å². The summed E-state index contributed by atoms with van der Waals surface area (Å²) < 4.78 is 5.99. The van der Waals surface area contributed by atoms with Crippen LogP contribution in [0.4, 0.5) is 0 Å². The van der Waals surface area contributed by atoms with Crippen LogP contribution in [0, 0.1) is 0 Å². The van der Waals surface area contributed by atoms with E-state index in [2.05, 4.69) is 83.1 Å². The fourth-order valence-corrected chi connectivity index (χ4v) is 4.38. The molecular formula is C32H36N4O2. The Bertz CT molecular complexity index is 1390. The molecule has 0 spiro atoms. The number of likely N-dealkylation sites (N-methyl/N-ethyl adjacent to an activating group) is 1. The van der Waals surface area contributed by atoms with Crippen molar-refractivity contribution < 1.29 is 9.53 Å². The standard InChI is InChI=1S/C32H36N4O2/c1-4-29(24-10-6-5-7-11-24)32(26-15-18-30-27(22-26)23-34-35-30)25-13-16-28(17-14-25)38-21-9-20-33-19-8-12-31(37)36(2)3/h5-8,10-18,22-23,33H,4,9,19-21H2,1-3H3,(H,34,35). The molecule has 196 valence electrons. The smallest absolute Gasteiger partial charge is 0.245 e. The lowest BCUT2D eigenvalue weighted by molar-refractivity contribution is -0.123. The maximum atomic E-state index is 11.5. The molecule has 1 heterocycles. The van der Waals surface area contributed by atoms with Crippen molar-refractivity contribution in [1.82, 2.24) is 20.4 Å². The van der Waals surface area contributed by atoms with Gasteiger partial charge < -0.3 is 15.0 Å². The maximum absolute atomic E-state index is 11.5. The van der Waals surface area contributed by atoms with Crippen molar-refractivity contribution in [2.24, 2.45) is 0 Å². The number of ether oxygens (including phenoxy) is 1. The normalized spacial score (nSPS) is 12.1. The average molecular weight is 509 g/mol. The van der Waals surface area contributed by atoms with E-state index in [0.717, 1.165) is 41.6 Å². The van der Waals surface area contributed by atoms with Gasteiger partial charge in [-0.3, -0.25) is 9.89 Å². The largest absolute Gasteiger partial charge is 0.494 e. The minimum atomic E-state index is -0.00608. The highest BCUT2D eigenvalue weighted by atomic mass is 16.5. The molecule has 0 bridgehead atoms. The second-order valence-electron chi connectivity index (χ2n) is 9.31. The number of carbonyl (C=O) groups excluding carboxylic acids is 1. The molecule has 1 aromatic heterocycles. The minimum absolute atomic E-state index is 0.00608. The monoisotopic (exact) mass is 508 g/mol. The molecule has 0 aliphatic rings. The van der Waals surface area contributed by atoms with Crippen molar-refractivity contribution in [1.29, 1.82) is 0 Å². The predicted molar refractivity (Wildman–Crippen MR) is 156 cm³/mol. The Kier molecular flexibility index (Phi) is 9.48. The molecule has 0 radical (unpaired) electrons. The number of hydrogen-bond donors (Lipinski definition) is 2. The minimum Gasteiger partial charge on any atom is -0.494 e. The predicted octanol–water partition coefficient (Wildman–Crippen LogP) is 5.93. The molecule has 0 aliphatic carbocycles. The number of amides is 1. The van der Waals surface area contributed by atoms with E-state index in [1.165, 1.54) is 22.3 Å². The van der Waals surface area contributed by atoms with Crippen LogP contribution in [0.25, 0.3) is 22.0 Å². The molecule has 0 unspecified atom stereocenters. The molecule has 0 aliphatic heterocycles. The number of carbonyl (C=O) groups is 1. The lowest BCUT2D eigenvalue weighted by Crippen LogP contribution is -2.20. The lowest BCUT2D eigenvalue weighted by Gasteiger charge is -2.17. The molecule has 6 heteroatoms. The highest BCUT2D eigenvalue weighted by Crippen LogP contribution is 2.36. The van der Waals surface area contributed by atoms with Crippen molar-refractivity contribution in [2.75, 3.05) is 33.8 Å². The van der Waals surface area contributed by atoms with Gasteiger partial charge >= 0.3 is 0 Å². The van der Waals surface area contributed by atoms with E-state index in [1.807, 2.05) is 24.4 Å². The van der Waals surface area contributed by atoms with Crippen LogP contribution in [0.1, 0.15) is 36.5 Å². The molecule has 4 aromatic rings. The summed E-state index contributed by atoms with van der Waals surface area (Å²) >= 11 is 0. The van der Waals surface area contributed by atoms with Gasteiger partial charge in [0.05, 0.1) is 18.3 Å². The first-order valence-electron chi connectivity index (χ1n) is 13.1. The summed E-state index contributed by atoms with van der Waals surface area (Å²) in [7, 11) is 3.49. The van der Waals surface area contributed by atoms with Crippen LogP contribution in [0.5, 0.6) is 5.75 Å². The summed E-state index contributed by atoms with van der Waals surface area (Å²) in [6.45, 7) is 4.31. The summed E-state index contributed by atoms with van der Waals surface area (Å²) in [5.41, 5.74) is 7.10. The first-order valence-corrected chi connectivity index (χ1v) is 13.1. The Balaban J connectivity index is 1.45. The van der Waals surface area contributed by atoms with E-state index in [0.29, 0.717) is 13.2 Å². The van der Waals surface area contributed by atoms with Gasteiger partial charge in [-0.1, -0.05) is 61.5 Å². The van der Waals surface area contributed by atoms with Gasteiger partial charge in [-0.15, -0.1) is 0 Å². The van der Waals surface area contributed by atoms with Crippen molar-refractivity contribution >= 4 is 28.0 Å². The van der Waals surface area contributed by atoms with Gasteiger partial charge in [0, 0.05) is 32.1 Å². The van der Waals surface area contributed by atoms with Crippen molar-refractivity contribution in [3.63, 3.8) is 0 Å². The second-order valence-corrected chi connectivity index (χ2v) is 9.31. The van der Waals surface area contributed by atoms with Crippen LogP contribution >= 0.6 is 0 Å². The molecule has 38 heavy (non-hydrogen) atoms. The van der Waals surface area contributed by atoms with E-state index in [-0.39, 0.29) is 5.91 Å². The van der Waals surface area contributed by atoms with Crippen LogP contribution < -0.4 is 10.1 Å². The fraction of sp³-hybridized carbons (Fsp3) is 0.250. The van der Waals surface area contributed by atoms with Crippen LogP contribution in [0.15, 0.2) is 91.1 Å². The number of fused-ring (bicyclic) bond motifs is 1. The SMILES string of the molecule is CCC(=C(c1ccc(OCCCNCC=CC(=O)N(C)C)cc1)c1ccc2[nH]ncc2c1)c1ccccc1. The van der Waals surface area contributed by atoms with Crippen molar-refractivity contribution in [2.45, 2.75) is 19.8 Å². The van der Waals surface area contributed by atoms with Crippen LogP contribution in [-0.4, -0.2) is 54.8 Å². The molecule has 3 aromatic carbocycles. The number of rotatable bonds is 12. The van der Waals surface area contributed by atoms with E-state index < -0.39 is 0 Å². The number of nitrogens with zero attached hydrogens (tertiary/aromatic N) is 2. The number of aromatic nitrogens is 2. The van der Waals surface area contributed by atoms with Gasteiger partial charge in [0.15, 0.2) is 0 Å². The molecule has 2 N–H and O–H groups in total. The Hall–Kier alpha value is -4.16. The average Bonchev–Trinajstić information content (AvgIpc) is 3.42. The third kappa shape index (κ3) is 6.99. The molecular weight excluding hydrogens is 472 g/mol. The van der Waals surface area contributed by atoms with Crippen molar-refractivity contribution in [3.05, 3.63) is 108 Å². The third-order valence-corrected chi connectivity index (χ3v) is 6.38. The number of hydrogen-bond acceptors (Lipinski definition) is 4. The zero-order valence-corrected chi connectivity index (χ0v) is 22.4. The van der Waals surface area contributed by atoms with Crippen LogP contribution in [-0.2, 0) is 4.79 Å². The van der Waals surface area contributed by atoms with E-state index in [1.54, 1.807) is 25.1 Å². The van der Waals surface area contributed by atoms with Gasteiger partial charge in [0.2, 0.25) is 5.91 Å². The molecule has 0 saturated heterocycles. The molecule has 4 rings (SSSR count). The number of aromatic amines is 1. The highest BCUT2D eigenvalue weighted by Gasteiger charge is 2.14. The van der Waals surface area contributed by atoms with Crippen LogP contribution in [0.3, 0.4) is 0 Å². The Labute approximate surface area is 225 Å². The zero-order valence-electron chi connectivity index (χ0n) is 22.4. The van der Waals surface area contributed by atoms with Gasteiger partial charge in [-0.05, 0) is 71.5 Å². The quantitative estimate of drug-likeness (QED) is 0.141. The summed E-state index contributed by atoms with van der Waals surface area (Å²) in [4.78, 5) is 13.1. The molecule has 0 saturated carbocycles. The summed E-state index contributed by atoms with van der Waals surface area (Å²) in [6.07, 6.45) is 7.09. The summed E-state index contributed by atoms with van der Waals surface area (Å²) in [5.74, 6) is 0.848. The Morgan fingerprint density at radius 3 is 2.50 bits per heavy atom. The van der Waals surface area contributed by atoms with Gasteiger partial charge in [-0.25, -0.2) is 0 Å². The number of H-pyrrole nitrogens is 1. The summed E-state index contributed by atoms with van der Waals surface area (Å²) in [5, 5.41) is 11.6. The van der Waals surface area contributed by atoms with Gasteiger partial charge in [-0.2, -0.15) is 5.10 Å². The molecule has 0 atom stereocenters. The number of nitrogens with one attached hydrogen (secondary N) is 2. The van der Waals surface area contributed by atoms with E-state index >= 15 is 0 Å². The number of benzene rings is 3. The number of allylic oxidation sites excluding steroid dienone is 1.